The lowest BCUT2D eigenvalue weighted by atomic mass is 9.95. The van der Waals surface area contributed by atoms with Gasteiger partial charge in [-0.3, -0.25) is 9.20 Å². The lowest BCUT2D eigenvalue weighted by Gasteiger charge is -2.16. The number of halogens is 3. The average Bonchev–Trinajstić information content (AvgIpc) is 2.54. The molecule has 0 radical (unpaired) electrons. The maximum Gasteiger partial charge on any atom is 0.416 e. The van der Waals surface area contributed by atoms with Crippen LogP contribution in [0.1, 0.15) is 16.7 Å². The van der Waals surface area contributed by atoms with E-state index >= 15 is 0 Å². The molecule has 0 aliphatic rings. The van der Waals surface area contributed by atoms with E-state index in [0.29, 0.717) is 5.56 Å². The molecular formula is C18H16F3N3O. The van der Waals surface area contributed by atoms with Gasteiger partial charge in [-0.15, -0.1) is 0 Å². The molecule has 25 heavy (non-hydrogen) atoms. The van der Waals surface area contributed by atoms with Gasteiger partial charge in [-0.25, -0.2) is 0 Å². The van der Waals surface area contributed by atoms with Gasteiger partial charge in [0.2, 0.25) is 5.95 Å². The first kappa shape index (κ1) is 17.0. The van der Waals surface area contributed by atoms with Crippen molar-refractivity contribution >= 4 is 11.5 Å². The smallest absolute Gasteiger partial charge is 0.358 e. The molecule has 0 saturated carbocycles. The summed E-state index contributed by atoms with van der Waals surface area (Å²) in [6.45, 7) is 3.63. The lowest BCUT2D eigenvalue weighted by molar-refractivity contribution is -0.137. The predicted molar refractivity (Wildman–Crippen MR) is 90.9 cm³/mol. The molecule has 0 amide bonds. The second-order valence-electron chi connectivity index (χ2n) is 5.80. The average molecular weight is 347 g/mol. The molecule has 130 valence electrons. The highest BCUT2D eigenvalue weighted by atomic mass is 19.4. The van der Waals surface area contributed by atoms with Gasteiger partial charge < -0.3 is 5.32 Å². The zero-order valence-electron chi connectivity index (χ0n) is 13.9. The molecule has 2 heterocycles. The monoisotopic (exact) mass is 347 g/mol. The molecule has 0 aliphatic carbocycles. The Hall–Kier alpha value is -2.83. The summed E-state index contributed by atoms with van der Waals surface area (Å²) in [7, 11) is 1.56. The van der Waals surface area contributed by atoms with Crippen LogP contribution in [-0.2, 0) is 6.18 Å². The van der Waals surface area contributed by atoms with Crippen molar-refractivity contribution in [3.8, 4) is 11.1 Å². The van der Waals surface area contributed by atoms with Gasteiger partial charge in [0.1, 0.15) is 0 Å². The van der Waals surface area contributed by atoms with E-state index in [1.54, 1.807) is 7.05 Å². The van der Waals surface area contributed by atoms with Gasteiger partial charge in [-0.05, 0) is 42.7 Å². The third-order valence-corrected chi connectivity index (χ3v) is 4.14. The first-order chi connectivity index (χ1) is 11.7. The number of pyridine rings is 1. The summed E-state index contributed by atoms with van der Waals surface area (Å²) in [6, 6.07) is 7.43. The van der Waals surface area contributed by atoms with Crippen LogP contribution in [0.15, 0.2) is 41.3 Å². The van der Waals surface area contributed by atoms with Crippen molar-refractivity contribution in [3.63, 3.8) is 0 Å². The zero-order valence-corrected chi connectivity index (χ0v) is 13.9. The fourth-order valence-corrected chi connectivity index (χ4v) is 2.99. The first-order valence-electron chi connectivity index (χ1n) is 7.62. The van der Waals surface area contributed by atoms with Crippen LogP contribution in [0.4, 0.5) is 19.1 Å². The molecule has 0 bridgehead atoms. The Morgan fingerprint density at radius 1 is 1.08 bits per heavy atom. The fourth-order valence-electron chi connectivity index (χ4n) is 2.99. The molecule has 1 N–H and O–H groups in total. The summed E-state index contributed by atoms with van der Waals surface area (Å²) in [4.78, 5) is 16.6. The van der Waals surface area contributed by atoms with Crippen LogP contribution >= 0.6 is 0 Å². The Morgan fingerprint density at radius 3 is 2.28 bits per heavy atom. The largest absolute Gasteiger partial charge is 0.416 e. The molecule has 7 heteroatoms. The summed E-state index contributed by atoms with van der Waals surface area (Å²) in [5, 5.41) is 2.75. The van der Waals surface area contributed by atoms with Crippen molar-refractivity contribution in [1.82, 2.24) is 9.38 Å². The maximum absolute atomic E-state index is 13.2. The highest BCUT2D eigenvalue weighted by Gasteiger charge is 2.31. The normalized spacial score (nSPS) is 11.8. The number of hydrogen-bond acceptors (Lipinski definition) is 3. The Bertz CT molecular complexity index is 1000. The number of anilines is 1. The Labute approximate surface area is 142 Å². The first-order valence-corrected chi connectivity index (χ1v) is 7.62. The standard InChI is InChI=1S/C18H16F3N3O/c1-10-5-4-6-11(2)14(10)15-13-9-12(18(19,20)21)7-8-24(13)17(22-3)23-16(15)25/h4-9H,1-3H3,(H,22,23,25). The Balaban J connectivity index is 2.50. The van der Waals surface area contributed by atoms with E-state index < -0.39 is 17.3 Å². The van der Waals surface area contributed by atoms with Crippen molar-refractivity contribution in [2.24, 2.45) is 0 Å². The number of aryl methyl sites for hydroxylation is 2. The van der Waals surface area contributed by atoms with E-state index in [-0.39, 0.29) is 17.0 Å². The quantitative estimate of drug-likeness (QED) is 0.761. The minimum atomic E-state index is -4.50. The summed E-state index contributed by atoms with van der Waals surface area (Å²) in [6.07, 6.45) is -3.23. The van der Waals surface area contributed by atoms with Crippen LogP contribution in [0.5, 0.6) is 0 Å². The van der Waals surface area contributed by atoms with Crippen LogP contribution in [0.25, 0.3) is 16.6 Å². The molecule has 0 spiro atoms. The van der Waals surface area contributed by atoms with Crippen LogP contribution in [0, 0.1) is 13.8 Å². The van der Waals surface area contributed by atoms with Crippen LogP contribution < -0.4 is 10.9 Å². The third-order valence-electron chi connectivity index (χ3n) is 4.14. The molecule has 1 aromatic carbocycles. The van der Waals surface area contributed by atoms with Crippen molar-refractivity contribution in [2.75, 3.05) is 12.4 Å². The number of nitrogens with zero attached hydrogens (tertiary/aromatic N) is 2. The fraction of sp³-hybridized carbons (Fsp3) is 0.222. The SMILES string of the molecule is CNc1nc(=O)c(-c2c(C)cccc2C)c2cc(C(F)(F)F)ccn12. The number of rotatable bonds is 2. The summed E-state index contributed by atoms with van der Waals surface area (Å²) in [5.41, 5.74) is 1.16. The highest BCUT2D eigenvalue weighted by Crippen LogP contribution is 2.34. The highest BCUT2D eigenvalue weighted by molar-refractivity contribution is 5.84. The third kappa shape index (κ3) is 2.86. The number of alkyl halides is 3. The van der Waals surface area contributed by atoms with Crippen LogP contribution in [0.3, 0.4) is 0 Å². The molecule has 0 unspecified atom stereocenters. The summed E-state index contributed by atoms with van der Waals surface area (Å²) in [5.74, 6) is 0.184. The number of aromatic nitrogens is 2. The number of fused-ring (bicyclic) bond motifs is 1. The number of benzene rings is 1. The molecule has 0 atom stereocenters. The van der Waals surface area contributed by atoms with Gasteiger partial charge in [0.15, 0.2) is 0 Å². The topological polar surface area (TPSA) is 46.4 Å². The van der Waals surface area contributed by atoms with Gasteiger partial charge >= 0.3 is 6.18 Å². The van der Waals surface area contributed by atoms with Crippen molar-refractivity contribution in [1.29, 1.82) is 0 Å². The van der Waals surface area contributed by atoms with Gasteiger partial charge in [0.25, 0.3) is 5.56 Å². The van der Waals surface area contributed by atoms with Gasteiger partial charge in [0.05, 0.1) is 16.6 Å². The zero-order chi connectivity index (χ0) is 18.4. The Morgan fingerprint density at radius 2 is 1.72 bits per heavy atom. The molecule has 2 aromatic heterocycles. The van der Waals surface area contributed by atoms with E-state index in [2.05, 4.69) is 10.3 Å². The molecule has 3 rings (SSSR count). The predicted octanol–water partition coefficient (Wildman–Crippen LogP) is 4.04. The maximum atomic E-state index is 13.2. The molecule has 4 nitrogen and oxygen atoms in total. The Kier molecular flexibility index (Phi) is 4.02. The van der Waals surface area contributed by atoms with Gasteiger partial charge in [-0.1, -0.05) is 18.2 Å². The van der Waals surface area contributed by atoms with Gasteiger partial charge in [0, 0.05) is 13.2 Å². The van der Waals surface area contributed by atoms with Crippen molar-refractivity contribution in [2.45, 2.75) is 20.0 Å². The summed E-state index contributed by atoms with van der Waals surface area (Å²) >= 11 is 0. The molecular weight excluding hydrogens is 331 g/mol. The molecule has 0 saturated heterocycles. The second-order valence-corrected chi connectivity index (χ2v) is 5.80. The van der Waals surface area contributed by atoms with E-state index in [4.69, 9.17) is 0 Å². The minimum absolute atomic E-state index is 0.163. The number of hydrogen-bond donors (Lipinski definition) is 1. The van der Waals surface area contributed by atoms with Crippen molar-refractivity contribution in [3.05, 3.63) is 63.6 Å². The van der Waals surface area contributed by atoms with Crippen LogP contribution in [-0.4, -0.2) is 16.4 Å². The van der Waals surface area contributed by atoms with Gasteiger partial charge in [-0.2, -0.15) is 18.2 Å². The minimum Gasteiger partial charge on any atom is -0.358 e. The molecule has 3 aromatic rings. The van der Waals surface area contributed by atoms with Crippen LogP contribution in [0.2, 0.25) is 0 Å². The second kappa shape index (κ2) is 5.91. The van der Waals surface area contributed by atoms with E-state index in [1.807, 2.05) is 32.0 Å². The lowest BCUT2D eigenvalue weighted by Crippen LogP contribution is -2.18. The van der Waals surface area contributed by atoms with Crippen molar-refractivity contribution < 1.29 is 13.2 Å². The van der Waals surface area contributed by atoms with E-state index in [0.717, 1.165) is 23.3 Å². The molecule has 0 fully saturated rings. The number of nitrogens with one attached hydrogen (secondary N) is 1. The van der Waals surface area contributed by atoms with E-state index in [9.17, 15) is 18.0 Å². The summed E-state index contributed by atoms with van der Waals surface area (Å²) < 4.78 is 41.0. The molecule has 0 aliphatic heterocycles. The van der Waals surface area contributed by atoms with E-state index in [1.165, 1.54) is 10.6 Å².